The minimum atomic E-state index is -0.113. The molecule has 6 heteroatoms. The van der Waals surface area contributed by atoms with Crippen molar-refractivity contribution in [3.63, 3.8) is 0 Å². The van der Waals surface area contributed by atoms with Crippen LogP contribution in [0.15, 0.2) is 30.5 Å². The fraction of sp³-hybridized carbons (Fsp3) is 0.412. The third kappa shape index (κ3) is 3.37. The van der Waals surface area contributed by atoms with Gasteiger partial charge in [0.15, 0.2) is 0 Å². The average Bonchev–Trinajstić information content (AvgIpc) is 3.22. The van der Waals surface area contributed by atoms with Crippen LogP contribution in [0, 0.1) is 6.92 Å². The van der Waals surface area contributed by atoms with Crippen LogP contribution in [0.5, 0.6) is 5.75 Å². The number of methoxy groups -OCH3 is 1. The monoisotopic (exact) mass is 315 g/mol. The Morgan fingerprint density at radius 2 is 2.22 bits per heavy atom. The topological polar surface area (TPSA) is 65.4 Å². The lowest BCUT2D eigenvalue weighted by molar-refractivity contribution is 0.0857. The number of hydrogen-bond donors (Lipinski definition) is 1. The molecule has 2 heterocycles. The van der Waals surface area contributed by atoms with E-state index < -0.39 is 0 Å². The van der Waals surface area contributed by atoms with Crippen LogP contribution in [0.3, 0.4) is 0 Å². The number of aromatic nitrogens is 2. The molecule has 1 aliphatic heterocycles. The van der Waals surface area contributed by atoms with Gasteiger partial charge in [-0.25, -0.2) is 4.68 Å². The molecule has 0 spiro atoms. The van der Waals surface area contributed by atoms with Crippen molar-refractivity contribution in [1.82, 2.24) is 15.1 Å². The summed E-state index contributed by atoms with van der Waals surface area (Å²) in [6, 6.07) is 7.56. The quantitative estimate of drug-likeness (QED) is 0.917. The fourth-order valence-electron chi connectivity index (χ4n) is 2.72. The van der Waals surface area contributed by atoms with Gasteiger partial charge in [0.1, 0.15) is 5.75 Å². The number of ether oxygens (including phenoxy) is 2. The molecular weight excluding hydrogens is 294 g/mol. The van der Waals surface area contributed by atoms with E-state index in [-0.39, 0.29) is 12.0 Å². The molecule has 0 saturated carbocycles. The minimum Gasteiger partial charge on any atom is -0.497 e. The molecule has 1 aromatic heterocycles. The molecule has 0 bridgehead atoms. The van der Waals surface area contributed by atoms with Crippen LogP contribution in [0.2, 0.25) is 0 Å². The Hall–Kier alpha value is -2.34. The normalized spacial score (nSPS) is 17.2. The Kier molecular flexibility index (Phi) is 4.62. The van der Waals surface area contributed by atoms with Gasteiger partial charge in [-0.2, -0.15) is 5.10 Å². The van der Waals surface area contributed by atoms with Gasteiger partial charge in [0.2, 0.25) is 0 Å². The van der Waals surface area contributed by atoms with Crippen LogP contribution in [0.4, 0.5) is 0 Å². The van der Waals surface area contributed by atoms with Gasteiger partial charge < -0.3 is 14.8 Å². The van der Waals surface area contributed by atoms with Crippen LogP contribution in [0.1, 0.15) is 28.9 Å². The van der Waals surface area contributed by atoms with Gasteiger partial charge in [0.05, 0.1) is 36.4 Å². The highest BCUT2D eigenvalue weighted by Crippen LogP contribution is 2.18. The Morgan fingerprint density at radius 1 is 1.43 bits per heavy atom. The summed E-state index contributed by atoms with van der Waals surface area (Å²) in [7, 11) is 1.63. The third-order valence-electron chi connectivity index (χ3n) is 4.09. The number of nitrogens with zero attached hydrogens (tertiary/aromatic N) is 2. The summed E-state index contributed by atoms with van der Waals surface area (Å²) >= 11 is 0. The average molecular weight is 315 g/mol. The van der Waals surface area contributed by atoms with Crippen molar-refractivity contribution in [3.05, 3.63) is 41.7 Å². The van der Waals surface area contributed by atoms with E-state index in [2.05, 4.69) is 10.4 Å². The maximum absolute atomic E-state index is 12.3. The smallest absolute Gasteiger partial charge is 0.254 e. The zero-order valence-electron chi connectivity index (χ0n) is 13.4. The largest absolute Gasteiger partial charge is 0.497 e. The first-order valence-corrected chi connectivity index (χ1v) is 7.78. The summed E-state index contributed by atoms with van der Waals surface area (Å²) in [6.07, 6.45) is 3.81. The summed E-state index contributed by atoms with van der Waals surface area (Å²) in [5, 5.41) is 7.25. The first kappa shape index (κ1) is 15.6. The van der Waals surface area contributed by atoms with E-state index in [0.29, 0.717) is 12.1 Å². The molecule has 1 aliphatic rings. The van der Waals surface area contributed by atoms with Gasteiger partial charge in [0.25, 0.3) is 5.91 Å². The van der Waals surface area contributed by atoms with Crippen molar-refractivity contribution in [2.45, 2.75) is 25.9 Å². The van der Waals surface area contributed by atoms with Crippen molar-refractivity contribution in [2.75, 3.05) is 20.3 Å². The molecule has 6 nitrogen and oxygen atoms in total. The van der Waals surface area contributed by atoms with E-state index in [0.717, 1.165) is 36.6 Å². The highest BCUT2D eigenvalue weighted by Gasteiger charge is 2.19. The second-order valence-electron chi connectivity index (χ2n) is 5.60. The molecule has 1 amide bonds. The lowest BCUT2D eigenvalue weighted by Gasteiger charge is -2.11. The van der Waals surface area contributed by atoms with Crippen LogP contribution in [0.25, 0.3) is 5.69 Å². The van der Waals surface area contributed by atoms with Gasteiger partial charge >= 0.3 is 0 Å². The van der Waals surface area contributed by atoms with Crippen molar-refractivity contribution in [2.24, 2.45) is 0 Å². The number of carbonyl (C=O) groups is 1. The molecule has 1 atom stereocenters. The molecule has 23 heavy (non-hydrogen) atoms. The van der Waals surface area contributed by atoms with E-state index in [1.165, 1.54) is 0 Å². The van der Waals surface area contributed by atoms with Crippen LogP contribution in [-0.4, -0.2) is 42.1 Å². The summed E-state index contributed by atoms with van der Waals surface area (Å²) in [5.41, 5.74) is 2.28. The molecule has 0 aliphatic carbocycles. The predicted octanol–water partition coefficient (Wildman–Crippen LogP) is 2.10. The minimum absolute atomic E-state index is 0.113. The van der Waals surface area contributed by atoms with E-state index in [1.54, 1.807) is 18.0 Å². The Labute approximate surface area is 135 Å². The molecule has 2 aromatic rings. The maximum atomic E-state index is 12.3. The molecule has 1 saturated heterocycles. The lowest BCUT2D eigenvalue weighted by atomic mass is 10.2. The van der Waals surface area contributed by atoms with Crippen molar-refractivity contribution in [3.8, 4) is 11.4 Å². The molecular formula is C17H21N3O3. The van der Waals surface area contributed by atoms with Gasteiger partial charge in [-0.1, -0.05) is 0 Å². The fourth-order valence-corrected chi connectivity index (χ4v) is 2.72. The SMILES string of the molecule is COc1ccc(-n2ncc(C(=O)NCC3CCCO3)c2C)cc1. The number of hydrogen-bond acceptors (Lipinski definition) is 4. The van der Waals surface area contributed by atoms with E-state index in [4.69, 9.17) is 9.47 Å². The predicted molar refractivity (Wildman–Crippen MR) is 86.2 cm³/mol. The van der Waals surface area contributed by atoms with E-state index >= 15 is 0 Å². The summed E-state index contributed by atoms with van der Waals surface area (Å²) in [5.74, 6) is 0.672. The van der Waals surface area contributed by atoms with Crippen LogP contribution < -0.4 is 10.1 Å². The third-order valence-corrected chi connectivity index (χ3v) is 4.09. The Morgan fingerprint density at radius 3 is 2.87 bits per heavy atom. The molecule has 3 rings (SSSR count). The van der Waals surface area contributed by atoms with Crippen LogP contribution >= 0.6 is 0 Å². The highest BCUT2D eigenvalue weighted by atomic mass is 16.5. The number of nitrogens with one attached hydrogen (secondary N) is 1. The van der Waals surface area contributed by atoms with Crippen molar-refractivity contribution >= 4 is 5.91 Å². The number of carbonyl (C=O) groups excluding carboxylic acids is 1. The Balaban J connectivity index is 1.71. The summed E-state index contributed by atoms with van der Waals surface area (Å²) in [4.78, 5) is 12.3. The van der Waals surface area contributed by atoms with E-state index in [9.17, 15) is 4.79 Å². The zero-order valence-corrected chi connectivity index (χ0v) is 13.4. The maximum Gasteiger partial charge on any atom is 0.254 e. The molecule has 1 fully saturated rings. The molecule has 1 N–H and O–H groups in total. The van der Waals surface area contributed by atoms with Crippen molar-refractivity contribution in [1.29, 1.82) is 0 Å². The lowest BCUT2D eigenvalue weighted by Crippen LogP contribution is -2.32. The van der Waals surface area contributed by atoms with Gasteiger partial charge in [-0.05, 0) is 44.0 Å². The summed E-state index contributed by atoms with van der Waals surface area (Å²) < 4.78 is 12.4. The number of amides is 1. The van der Waals surface area contributed by atoms with Crippen LogP contribution in [-0.2, 0) is 4.74 Å². The van der Waals surface area contributed by atoms with Crippen molar-refractivity contribution < 1.29 is 14.3 Å². The highest BCUT2D eigenvalue weighted by molar-refractivity contribution is 5.95. The zero-order chi connectivity index (χ0) is 16.2. The molecule has 1 unspecified atom stereocenters. The second kappa shape index (κ2) is 6.83. The molecule has 1 aromatic carbocycles. The number of benzene rings is 1. The van der Waals surface area contributed by atoms with Gasteiger partial charge in [-0.3, -0.25) is 4.79 Å². The van der Waals surface area contributed by atoms with E-state index in [1.807, 2.05) is 31.2 Å². The molecule has 0 radical (unpaired) electrons. The summed E-state index contributed by atoms with van der Waals surface area (Å²) in [6.45, 7) is 3.22. The van der Waals surface area contributed by atoms with Gasteiger partial charge in [0, 0.05) is 13.2 Å². The Bertz CT molecular complexity index is 673. The standard InChI is InChI=1S/C17H21N3O3/c1-12-16(17(21)18-10-15-4-3-9-23-15)11-19-20(12)13-5-7-14(22-2)8-6-13/h5-8,11,15H,3-4,9-10H2,1-2H3,(H,18,21). The first-order valence-electron chi connectivity index (χ1n) is 7.78. The number of rotatable bonds is 5. The second-order valence-corrected chi connectivity index (χ2v) is 5.60. The first-order chi connectivity index (χ1) is 11.2. The molecule has 122 valence electrons. The van der Waals surface area contributed by atoms with Gasteiger partial charge in [-0.15, -0.1) is 0 Å².